The molecule has 1 unspecified atom stereocenters. The zero-order chi connectivity index (χ0) is 12.0. The fourth-order valence-corrected chi connectivity index (χ4v) is 1.11. The molecule has 88 valence electrons. The highest BCUT2D eigenvalue weighted by Crippen LogP contribution is 2.04. The van der Waals surface area contributed by atoms with E-state index < -0.39 is 6.10 Å². The molecule has 0 aliphatic carbocycles. The molecule has 1 aromatic rings. The number of hydrogen-bond acceptors (Lipinski definition) is 2. The first kappa shape index (κ1) is 12.5. The smallest absolute Gasteiger partial charge is 0.193 e. The van der Waals surface area contributed by atoms with Crippen LogP contribution in [0.5, 0.6) is 0 Å². The van der Waals surface area contributed by atoms with E-state index >= 15 is 0 Å². The number of nitrogens with one attached hydrogen (secondary N) is 1. The van der Waals surface area contributed by atoms with E-state index in [1.165, 1.54) is 0 Å². The molecule has 0 heterocycles. The number of aliphatic hydroxyl groups is 1. The zero-order valence-corrected chi connectivity index (χ0v) is 9.72. The number of benzene rings is 1. The number of aliphatic hydroxyl groups excluding tert-OH is 1. The summed E-state index contributed by atoms with van der Waals surface area (Å²) in [5.74, 6) is 0.513. The van der Waals surface area contributed by atoms with Gasteiger partial charge in [-0.2, -0.15) is 0 Å². The molecule has 0 amide bonds. The lowest BCUT2D eigenvalue weighted by Crippen LogP contribution is -2.26. The molecule has 4 nitrogen and oxygen atoms in total. The fourth-order valence-electron chi connectivity index (χ4n) is 1.11. The molecule has 1 atom stereocenters. The number of para-hydroxylation sites is 1. The Morgan fingerprint density at radius 3 is 2.56 bits per heavy atom. The largest absolute Gasteiger partial charge is 0.391 e. The molecule has 0 aromatic heterocycles. The maximum atomic E-state index is 9.55. The lowest BCUT2D eigenvalue weighted by Gasteiger charge is -2.12. The van der Waals surface area contributed by atoms with Crippen molar-refractivity contribution in [2.24, 2.45) is 16.6 Å². The highest BCUT2D eigenvalue weighted by Gasteiger charge is 2.07. The highest BCUT2D eigenvalue weighted by molar-refractivity contribution is 5.92. The van der Waals surface area contributed by atoms with E-state index in [0.717, 1.165) is 5.69 Å². The quantitative estimate of drug-likeness (QED) is 0.532. The molecule has 0 saturated heterocycles. The minimum atomic E-state index is -0.448. The lowest BCUT2D eigenvalue weighted by molar-refractivity contribution is 0.134. The molecule has 1 aromatic carbocycles. The van der Waals surface area contributed by atoms with E-state index in [4.69, 9.17) is 5.73 Å². The summed E-state index contributed by atoms with van der Waals surface area (Å²) in [4.78, 5) is 4.07. The summed E-state index contributed by atoms with van der Waals surface area (Å²) in [5.41, 5.74) is 6.57. The number of rotatable bonds is 4. The second-order valence-corrected chi connectivity index (χ2v) is 4.03. The van der Waals surface area contributed by atoms with Gasteiger partial charge in [0.1, 0.15) is 0 Å². The van der Waals surface area contributed by atoms with Crippen LogP contribution in [0.3, 0.4) is 0 Å². The van der Waals surface area contributed by atoms with E-state index in [-0.39, 0.29) is 5.92 Å². The van der Waals surface area contributed by atoms with Crippen LogP contribution in [0.25, 0.3) is 0 Å². The number of nitrogens with zero attached hydrogens (tertiary/aromatic N) is 1. The second kappa shape index (κ2) is 6.12. The average molecular weight is 221 g/mol. The van der Waals surface area contributed by atoms with Crippen molar-refractivity contribution in [2.75, 3.05) is 11.9 Å². The number of hydrogen-bond donors (Lipinski definition) is 3. The Hall–Kier alpha value is -1.55. The summed E-state index contributed by atoms with van der Waals surface area (Å²) in [6.07, 6.45) is -0.448. The summed E-state index contributed by atoms with van der Waals surface area (Å²) in [6.45, 7) is 4.21. The number of aliphatic imine (C=N–C) groups is 1. The maximum Gasteiger partial charge on any atom is 0.193 e. The topological polar surface area (TPSA) is 70.6 Å². The standard InChI is InChI=1S/C12H19N3O/c1-9(2)11(16)8-14-12(13)15-10-6-4-3-5-7-10/h3-7,9,11,16H,8H2,1-2H3,(H3,13,14,15). The van der Waals surface area contributed by atoms with Gasteiger partial charge >= 0.3 is 0 Å². The molecule has 0 fully saturated rings. The molecule has 0 saturated carbocycles. The minimum Gasteiger partial charge on any atom is -0.391 e. The lowest BCUT2D eigenvalue weighted by atomic mass is 10.1. The average Bonchev–Trinajstić information content (AvgIpc) is 2.27. The van der Waals surface area contributed by atoms with Crippen molar-refractivity contribution < 1.29 is 5.11 Å². The van der Waals surface area contributed by atoms with Crippen molar-refractivity contribution in [3.63, 3.8) is 0 Å². The normalized spacial score (nSPS) is 13.9. The summed E-state index contributed by atoms with van der Waals surface area (Å²) < 4.78 is 0. The fraction of sp³-hybridized carbons (Fsp3) is 0.417. The maximum absolute atomic E-state index is 9.55. The monoisotopic (exact) mass is 221 g/mol. The molecule has 0 radical (unpaired) electrons. The van der Waals surface area contributed by atoms with Crippen LogP contribution in [0.1, 0.15) is 13.8 Å². The van der Waals surface area contributed by atoms with Gasteiger partial charge in [-0.1, -0.05) is 32.0 Å². The van der Waals surface area contributed by atoms with Gasteiger partial charge < -0.3 is 16.2 Å². The van der Waals surface area contributed by atoms with E-state index in [9.17, 15) is 5.11 Å². The van der Waals surface area contributed by atoms with Crippen molar-refractivity contribution in [3.8, 4) is 0 Å². The minimum absolute atomic E-state index is 0.188. The predicted octanol–water partition coefficient (Wildman–Crippen LogP) is 1.43. The van der Waals surface area contributed by atoms with Gasteiger partial charge in [0.25, 0.3) is 0 Å². The van der Waals surface area contributed by atoms with E-state index in [1.54, 1.807) is 0 Å². The van der Waals surface area contributed by atoms with Crippen molar-refractivity contribution in [1.29, 1.82) is 0 Å². The Morgan fingerprint density at radius 2 is 2.00 bits per heavy atom. The number of guanidine groups is 1. The molecule has 0 aliphatic rings. The predicted molar refractivity (Wildman–Crippen MR) is 67.4 cm³/mol. The van der Waals surface area contributed by atoms with Crippen molar-refractivity contribution in [2.45, 2.75) is 20.0 Å². The van der Waals surface area contributed by atoms with Gasteiger partial charge in [0.15, 0.2) is 5.96 Å². The van der Waals surface area contributed by atoms with E-state index in [0.29, 0.717) is 12.5 Å². The van der Waals surface area contributed by atoms with Crippen LogP contribution in [0.4, 0.5) is 5.69 Å². The van der Waals surface area contributed by atoms with Crippen LogP contribution in [-0.4, -0.2) is 23.7 Å². The molecule has 16 heavy (non-hydrogen) atoms. The van der Waals surface area contributed by atoms with Crippen molar-refractivity contribution >= 4 is 11.6 Å². The molecule has 4 N–H and O–H groups in total. The molecule has 0 spiro atoms. The zero-order valence-electron chi connectivity index (χ0n) is 9.72. The van der Waals surface area contributed by atoms with Gasteiger partial charge in [0, 0.05) is 5.69 Å². The van der Waals surface area contributed by atoms with Crippen molar-refractivity contribution in [3.05, 3.63) is 30.3 Å². The summed E-state index contributed by atoms with van der Waals surface area (Å²) in [7, 11) is 0. The van der Waals surface area contributed by atoms with Gasteiger partial charge in [0.2, 0.25) is 0 Å². The molecular weight excluding hydrogens is 202 g/mol. The Kier molecular flexibility index (Phi) is 4.79. The van der Waals surface area contributed by atoms with Crippen LogP contribution in [0.2, 0.25) is 0 Å². The third-order valence-electron chi connectivity index (χ3n) is 2.26. The summed E-state index contributed by atoms with van der Waals surface area (Å²) in [6, 6.07) is 9.57. The van der Waals surface area contributed by atoms with Crippen LogP contribution < -0.4 is 11.1 Å². The SMILES string of the molecule is CC(C)C(O)CN=C(N)Nc1ccccc1. The molecule has 0 aliphatic heterocycles. The Bertz CT molecular complexity index is 335. The molecular formula is C12H19N3O. The van der Waals surface area contributed by atoms with Gasteiger partial charge in [0.05, 0.1) is 12.6 Å². The highest BCUT2D eigenvalue weighted by atomic mass is 16.3. The van der Waals surface area contributed by atoms with Gasteiger partial charge in [-0.3, -0.25) is 4.99 Å². The Labute approximate surface area is 96.2 Å². The van der Waals surface area contributed by atoms with Crippen LogP contribution in [0, 0.1) is 5.92 Å². The molecule has 0 bridgehead atoms. The number of nitrogens with two attached hydrogens (primary N) is 1. The third kappa shape index (κ3) is 4.31. The summed E-state index contributed by atoms with van der Waals surface area (Å²) >= 11 is 0. The Morgan fingerprint density at radius 1 is 1.38 bits per heavy atom. The van der Waals surface area contributed by atoms with Crippen molar-refractivity contribution in [1.82, 2.24) is 0 Å². The van der Waals surface area contributed by atoms with Gasteiger partial charge in [-0.05, 0) is 18.1 Å². The first-order valence-electron chi connectivity index (χ1n) is 5.39. The molecule has 1 rings (SSSR count). The molecule has 4 heteroatoms. The first-order valence-corrected chi connectivity index (χ1v) is 5.39. The Balaban J connectivity index is 2.46. The van der Waals surface area contributed by atoms with E-state index in [1.807, 2.05) is 44.2 Å². The third-order valence-corrected chi connectivity index (χ3v) is 2.26. The van der Waals surface area contributed by atoms with Gasteiger partial charge in [-0.15, -0.1) is 0 Å². The van der Waals surface area contributed by atoms with Gasteiger partial charge in [-0.25, -0.2) is 0 Å². The first-order chi connectivity index (χ1) is 7.59. The summed E-state index contributed by atoms with van der Waals surface area (Å²) in [5, 5.41) is 12.5. The van der Waals surface area contributed by atoms with Crippen LogP contribution in [0.15, 0.2) is 35.3 Å². The van der Waals surface area contributed by atoms with E-state index in [2.05, 4.69) is 10.3 Å². The van der Waals surface area contributed by atoms with Crippen LogP contribution in [-0.2, 0) is 0 Å². The second-order valence-electron chi connectivity index (χ2n) is 4.03. The number of anilines is 1. The van der Waals surface area contributed by atoms with Crippen LogP contribution >= 0.6 is 0 Å².